The Morgan fingerprint density at radius 2 is 1.54 bits per heavy atom. The summed E-state index contributed by atoms with van der Waals surface area (Å²) in [5.74, 6) is 0.994. The molecule has 130 valence electrons. The van der Waals surface area contributed by atoms with Crippen molar-refractivity contribution in [3.63, 3.8) is 0 Å². The first-order valence-corrected chi connectivity index (χ1v) is 10.5. The van der Waals surface area contributed by atoms with E-state index in [1.807, 2.05) is 6.07 Å². The summed E-state index contributed by atoms with van der Waals surface area (Å²) in [4.78, 5) is 0. The first-order valence-electron chi connectivity index (χ1n) is 8.46. The maximum absolute atomic E-state index is 11.2. The minimum atomic E-state index is -2.93. The molecule has 0 radical (unpaired) electrons. The zero-order valence-corrected chi connectivity index (χ0v) is 15.5. The van der Waals surface area contributed by atoms with Crippen molar-refractivity contribution in [2.24, 2.45) is 0 Å². The second-order valence-electron chi connectivity index (χ2n) is 6.02. The fraction of sp³-hybridized carbons (Fsp3) is 0.400. The average molecular weight is 346 g/mol. The average Bonchev–Trinajstić information content (AvgIpc) is 2.57. The van der Waals surface area contributed by atoms with Crippen LogP contribution in [0.25, 0.3) is 11.1 Å². The number of rotatable bonds is 8. The zero-order chi connectivity index (χ0) is 17.6. The van der Waals surface area contributed by atoms with Gasteiger partial charge in [0.15, 0.2) is 0 Å². The van der Waals surface area contributed by atoms with Crippen LogP contribution in [0.3, 0.4) is 0 Å². The van der Waals surface area contributed by atoms with Gasteiger partial charge in [0.1, 0.15) is 15.6 Å². The molecule has 24 heavy (non-hydrogen) atoms. The third-order valence-electron chi connectivity index (χ3n) is 4.03. The highest BCUT2D eigenvalue weighted by Crippen LogP contribution is 2.32. The Bertz CT molecular complexity index is 740. The minimum absolute atomic E-state index is 0.163. The van der Waals surface area contributed by atoms with E-state index in [0.717, 1.165) is 18.6 Å². The number of aryl methyl sites for hydroxylation is 2. The second-order valence-corrected chi connectivity index (χ2v) is 8.28. The molecule has 0 heterocycles. The Labute approximate surface area is 145 Å². The van der Waals surface area contributed by atoms with Crippen molar-refractivity contribution in [1.82, 2.24) is 0 Å². The lowest BCUT2D eigenvalue weighted by Gasteiger charge is -2.16. The Kier molecular flexibility index (Phi) is 6.44. The Hall–Kier alpha value is -1.81. The number of sulfone groups is 1. The molecular formula is C20H26O3S. The lowest BCUT2D eigenvalue weighted by atomic mass is 9.91. The van der Waals surface area contributed by atoms with Gasteiger partial charge in [0.25, 0.3) is 0 Å². The van der Waals surface area contributed by atoms with Crippen LogP contribution < -0.4 is 4.74 Å². The third-order valence-corrected chi connectivity index (χ3v) is 5.06. The molecule has 0 bridgehead atoms. The van der Waals surface area contributed by atoms with Crippen LogP contribution in [0.15, 0.2) is 42.5 Å². The van der Waals surface area contributed by atoms with Gasteiger partial charge in [-0.15, -0.1) is 0 Å². The molecule has 0 unspecified atom stereocenters. The van der Waals surface area contributed by atoms with Crippen LogP contribution in [0, 0.1) is 0 Å². The topological polar surface area (TPSA) is 43.4 Å². The van der Waals surface area contributed by atoms with Gasteiger partial charge in [0, 0.05) is 6.26 Å². The van der Waals surface area contributed by atoms with Gasteiger partial charge in [-0.05, 0) is 53.6 Å². The van der Waals surface area contributed by atoms with E-state index in [9.17, 15) is 8.42 Å². The summed E-state index contributed by atoms with van der Waals surface area (Å²) in [6.07, 6.45) is 3.63. The highest BCUT2D eigenvalue weighted by atomic mass is 32.2. The smallest absolute Gasteiger partial charge is 0.147 e. The normalized spacial score (nSPS) is 11.5. The highest BCUT2D eigenvalue weighted by molar-refractivity contribution is 7.90. The fourth-order valence-electron chi connectivity index (χ4n) is 2.86. The molecule has 0 aliphatic carbocycles. The van der Waals surface area contributed by atoms with Crippen molar-refractivity contribution in [3.05, 3.63) is 53.6 Å². The molecule has 2 rings (SSSR count). The Morgan fingerprint density at radius 3 is 2.04 bits per heavy atom. The van der Waals surface area contributed by atoms with Crippen LogP contribution in [-0.2, 0) is 22.7 Å². The van der Waals surface area contributed by atoms with Gasteiger partial charge in [0.05, 0.1) is 12.4 Å². The SMILES string of the molecule is CCc1cc(OCCCS(C)(=O)=O)cc(CC)c1-c1ccccc1. The van der Waals surface area contributed by atoms with Crippen LogP contribution in [-0.4, -0.2) is 27.0 Å². The monoisotopic (exact) mass is 346 g/mol. The van der Waals surface area contributed by atoms with Crippen molar-refractivity contribution >= 4 is 9.84 Å². The van der Waals surface area contributed by atoms with Crippen LogP contribution >= 0.6 is 0 Å². The van der Waals surface area contributed by atoms with Gasteiger partial charge in [-0.25, -0.2) is 8.42 Å². The fourth-order valence-corrected chi connectivity index (χ4v) is 3.51. The summed E-state index contributed by atoms with van der Waals surface area (Å²) < 4.78 is 28.2. The molecule has 0 N–H and O–H groups in total. The third kappa shape index (κ3) is 5.10. The van der Waals surface area contributed by atoms with Crippen molar-refractivity contribution in [1.29, 1.82) is 0 Å². The molecule has 2 aromatic carbocycles. The Morgan fingerprint density at radius 1 is 0.958 bits per heavy atom. The van der Waals surface area contributed by atoms with Gasteiger partial charge in [-0.2, -0.15) is 0 Å². The second kappa shape index (κ2) is 8.34. The molecular weight excluding hydrogens is 320 g/mol. The van der Waals surface area contributed by atoms with Crippen LogP contribution in [0.2, 0.25) is 0 Å². The maximum atomic E-state index is 11.2. The van der Waals surface area contributed by atoms with Gasteiger partial charge < -0.3 is 4.74 Å². The molecule has 2 aromatic rings. The van der Waals surface area contributed by atoms with Gasteiger partial charge in [-0.3, -0.25) is 0 Å². The number of hydrogen-bond acceptors (Lipinski definition) is 3. The first-order chi connectivity index (χ1) is 11.4. The van der Waals surface area contributed by atoms with E-state index in [1.165, 1.54) is 28.5 Å². The van der Waals surface area contributed by atoms with Crippen molar-refractivity contribution < 1.29 is 13.2 Å². The number of ether oxygens (including phenoxy) is 1. The molecule has 0 saturated heterocycles. The predicted molar refractivity (Wildman–Crippen MR) is 100 cm³/mol. The molecule has 0 amide bonds. The van der Waals surface area contributed by atoms with E-state index >= 15 is 0 Å². The molecule has 0 aromatic heterocycles. The van der Waals surface area contributed by atoms with Gasteiger partial charge in [0.2, 0.25) is 0 Å². The molecule has 0 fully saturated rings. The summed E-state index contributed by atoms with van der Waals surface area (Å²) in [5, 5.41) is 0. The van der Waals surface area contributed by atoms with Crippen molar-refractivity contribution in [2.45, 2.75) is 33.1 Å². The lowest BCUT2D eigenvalue weighted by Crippen LogP contribution is -2.08. The van der Waals surface area contributed by atoms with Crippen LogP contribution in [0.5, 0.6) is 5.75 Å². The summed E-state index contributed by atoms with van der Waals surface area (Å²) in [6, 6.07) is 14.6. The molecule has 0 aliphatic heterocycles. The molecule has 0 saturated carbocycles. The standard InChI is InChI=1S/C20H26O3S/c1-4-16-14-19(23-12-9-13-24(3,21)22)15-17(5-2)20(16)18-10-7-6-8-11-18/h6-8,10-11,14-15H,4-5,9,12-13H2,1-3H3. The van der Waals surface area contributed by atoms with E-state index in [0.29, 0.717) is 13.0 Å². The van der Waals surface area contributed by atoms with Crippen LogP contribution in [0.4, 0.5) is 0 Å². The summed E-state index contributed by atoms with van der Waals surface area (Å²) in [6.45, 7) is 4.72. The summed E-state index contributed by atoms with van der Waals surface area (Å²) in [7, 11) is -2.93. The number of benzene rings is 2. The lowest BCUT2D eigenvalue weighted by molar-refractivity contribution is 0.317. The number of hydrogen-bond donors (Lipinski definition) is 0. The van der Waals surface area contributed by atoms with E-state index in [-0.39, 0.29) is 5.75 Å². The zero-order valence-electron chi connectivity index (χ0n) is 14.7. The Balaban J connectivity index is 2.23. The van der Waals surface area contributed by atoms with Crippen molar-refractivity contribution in [3.8, 4) is 16.9 Å². The minimum Gasteiger partial charge on any atom is -0.494 e. The highest BCUT2D eigenvalue weighted by Gasteiger charge is 2.12. The maximum Gasteiger partial charge on any atom is 0.147 e. The molecule has 3 nitrogen and oxygen atoms in total. The van der Waals surface area contributed by atoms with Gasteiger partial charge >= 0.3 is 0 Å². The van der Waals surface area contributed by atoms with E-state index in [2.05, 4.69) is 50.2 Å². The summed E-state index contributed by atoms with van der Waals surface area (Å²) in [5.41, 5.74) is 5.05. The predicted octanol–water partition coefficient (Wildman–Crippen LogP) is 4.29. The van der Waals surface area contributed by atoms with E-state index in [4.69, 9.17) is 4.74 Å². The van der Waals surface area contributed by atoms with Gasteiger partial charge in [-0.1, -0.05) is 44.2 Å². The molecule has 0 spiro atoms. The molecule has 0 aliphatic rings. The van der Waals surface area contributed by atoms with E-state index in [1.54, 1.807) is 0 Å². The first kappa shape index (κ1) is 18.5. The quantitative estimate of drug-likeness (QED) is 0.670. The van der Waals surface area contributed by atoms with Crippen molar-refractivity contribution in [2.75, 3.05) is 18.6 Å². The van der Waals surface area contributed by atoms with Crippen LogP contribution in [0.1, 0.15) is 31.4 Å². The molecule has 0 atom stereocenters. The largest absolute Gasteiger partial charge is 0.494 e. The summed E-state index contributed by atoms with van der Waals surface area (Å²) >= 11 is 0. The van der Waals surface area contributed by atoms with E-state index < -0.39 is 9.84 Å². The molecule has 4 heteroatoms.